The molecule has 2 fully saturated rings. The number of aryl methyl sites for hydroxylation is 1. The van der Waals surface area contributed by atoms with Gasteiger partial charge in [0.1, 0.15) is 11.8 Å². The third-order valence-electron chi connectivity index (χ3n) is 4.08. The van der Waals surface area contributed by atoms with E-state index in [1.54, 1.807) is 23.9 Å². The molecule has 0 aliphatic carbocycles. The van der Waals surface area contributed by atoms with Crippen LogP contribution in [-0.2, 0) is 11.8 Å². The van der Waals surface area contributed by atoms with Crippen molar-refractivity contribution in [3.63, 3.8) is 0 Å². The van der Waals surface area contributed by atoms with Crippen LogP contribution < -0.4 is 0 Å². The number of aromatic nitrogens is 1. The van der Waals surface area contributed by atoms with Gasteiger partial charge in [0.15, 0.2) is 0 Å². The number of amides is 1. The van der Waals surface area contributed by atoms with E-state index in [0.717, 1.165) is 26.2 Å². The van der Waals surface area contributed by atoms with Crippen molar-refractivity contribution >= 4 is 5.91 Å². The van der Waals surface area contributed by atoms with Gasteiger partial charge >= 0.3 is 0 Å². The SMILES string of the molecule is Cn1cc(C#N)cc1C(=O)N1CCN2CCOCC2C1. The maximum Gasteiger partial charge on any atom is 0.270 e. The van der Waals surface area contributed by atoms with Crippen molar-refractivity contribution in [2.24, 2.45) is 7.05 Å². The van der Waals surface area contributed by atoms with Crippen LogP contribution in [-0.4, -0.2) is 65.7 Å². The highest BCUT2D eigenvalue weighted by molar-refractivity contribution is 5.93. The van der Waals surface area contributed by atoms with Crippen LogP contribution in [0.3, 0.4) is 0 Å². The summed E-state index contributed by atoms with van der Waals surface area (Å²) in [7, 11) is 1.80. The summed E-state index contributed by atoms with van der Waals surface area (Å²) in [5.74, 6) is -0.000719. The lowest BCUT2D eigenvalue weighted by Gasteiger charge is -2.43. The Labute approximate surface area is 118 Å². The van der Waals surface area contributed by atoms with Gasteiger partial charge in [-0.05, 0) is 6.07 Å². The minimum atomic E-state index is -0.000719. The Hall–Kier alpha value is -1.84. The highest BCUT2D eigenvalue weighted by Crippen LogP contribution is 2.17. The van der Waals surface area contributed by atoms with Crippen LogP contribution in [0.15, 0.2) is 12.3 Å². The largest absolute Gasteiger partial charge is 0.378 e. The first-order valence-electron chi connectivity index (χ1n) is 6.86. The Morgan fingerprint density at radius 2 is 2.30 bits per heavy atom. The number of hydrogen-bond donors (Lipinski definition) is 0. The smallest absolute Gasteiger partial charge is 0.270 e. The van der Waals surface area contributed by atoms with Gasteiger partial charge in [-0.1, -0.05) is 0 Å². The van der Waals surface area contributed by atoms with Gasteiger partial charge in [-0.3, -0.25) is 9.69 Å². The van der Waals surface area contributed by atoms with Gasteiger partial charge in [0.25, 0.3) is 5.91 Å². The van der Waals surface area contributed by atoms with Crippen molar-refractivity contribution in [3.05, 3.63) is 23.5 Å². The van der Waals surface area contributed by atoms with E-state index in [9.17, 15) is 4.79 Å². The molecule has 1 unspecified atom stereocenters. The molecule has 6 nitrogen and oxygen atoms in total. The van der Waals surface area contributed by atoms with Crippen molar-refractivity contribution in [1.29, 1.82) is 5.26 Å². The van der Waals surface area contributed by atoms with Crippen LogP contribution in [0.25, 0.3) is 0 Å². The zero-order chi connectivity index (χ0) is 14.1. The minimum absolute atomic E-state index is 0.000719. The van der Waals surface area contributed by atoms with Crippen molar-refractivity contribution < 1.29 is 9.53 Å². The molecule has 2 aliphatic rings. The molecule has 0 saturated carbocycles. The predicted octanol–water partition coefficient (Wildman–Crippen LogP) is 0.0534. The first kappa shape index (κ1) is 13.2. The number of fused-ring (bicyclic) bond motifs is 1. The predicted molar refractivity (Wildman–Crippen MR) is 72.2 cm³/mol. The summed E-state index contributed by atoms with van der Waals surface area (Å²) in [4.78, 5) is 16.8. The van der Waals surface area contributed by atoms with E-state index < -0.39 is 0 Å². The number of carbonyl (C=O) groups excluding carboxylic acids is 1. The molecular weight excluding hydrogens is 256 g/mol. The van der Waals surface area contributed by atoms with Crippen LogP contribution in [0.4, 0.5) is 0 Å². The number of hydrogen-bond acceptors (Lipinski definition) is 4. The molecule has 106 valence electrons. The average Bonchev–Trinajstić information content (AvgIpc) is 2.87. The van der Waals surface area contributed by atoms with E-state index in [1.807, 2.05) is 4.90 Å². The van der Waals surface area contributed by atoms with E-state index in [1.165, 1.54) is 0 Å². The first-order chi connectivity index (χ1) is 9.69. The normalized spacial score (nSPS) is 23.2. The summed E-state index contributed by atoms with van der Waals surface area (Å²) < 4.78 is 7.22. The molecule has 3 heterocycles. The number of carbonyl (C=O) groups is 1. The maximum atomic E-state index is 12.6. The summed E-state index contributed by atoms with van der Waals surface area (Å²) in [6, 6.07) is 4.03. The molecule has 0 radical (unpaired) electrons. The molecule has 2 aliphatic heterocycles. The second-order valence-corrected chi connectivity index (χ2v) is 5.35. The topological polar surface area (TPSA) is 61.5 Å². The monoisotopic (exact) mass is 274 g/mol. The zero-order valence-electron chi connectivity index (χ0n) is 11.6. The Morgan fingerprint density at radius 1 is 1.45 bits per heavy atom. The third kappa shape index (κ3) is 2.30. The van der Waals surface area contributed by atoms with Gasteiger partial charge in [-0.25, -0.2) is 0 Å². The average molecular weight is 274 g/mol. The van der Waals surface area contributed by atoms with Gasteiger partial charge in [-0.2, -0.15) is 5.26 Å². The number of nitriles is 1. The van der Waals surface area contributed by atoms with E-state index in [2.05, 4.69) is 11.0 Å². The van der Waals surface area contributed by atoms with Crippen molar-refractivity contribution in [2.45, 2.75) is 6.04 Å². The maximum absolute atomic E-state index is 12.6. The fourth-order valence-corrected chi connectivity index (χ4v) is 2.93. The number of rotatable bonds is 1. The van der Waals surface area contributed by atoms with Gasteiger partial charge in [0.05, 0.1) is 24.8 Å². The fourth-order valence-electron chi connectivity index (χ4n) is 2.93. The lowest BCUT2D eigenvalue weighted by atomic mass is 10.1. The molecule has 1 amide bonds. The van der Waals surface area contributed by atoms with Gasteiger partial charge in [0, 0.05) is 39.4 Å². The van der Waals surface area contributed by atoms with Gasteiger partial charge in [-0.15, -0.1) is 0 Å². The molecule has 20 heavy (non-hydrogen) atoms. The number of nitrogens with zero attached hydrogens (tertiary/aromatic N) is 4. The molecule has 6 heteroatoms. The molecule has 0 aromatic carbocycles. The molecule has 1 atom stereocenters. The molecular formula is C14H18N4O2. The Kier molecular flexibility index (Phi) is 3.47. The lowest BCUT2D eigenvalue weighted by Crippen LogP contribution is -2.59. The second-order valence-electron chi connectivity index (χ2n) is 5.35. The Balaban J connectivity index is 1.74. The summed E-state index contributed by atoms with van der Waals surface area (Å²) in [6.07, 6.45) is 1.69. The number of morpholine rings is 1. The van der Waals surface area contributed by atoms with Crippen LogP contribution in [0.1, 0.15) is 16.1 Å². The van der Waals surface area contributed by atoms with E-state index in [0.29, 0.717) is 30.5 Å². The van der Waals surface area contributed by atoms with Gasteiger partial charge in [0.2, 0.25) is 0 Å². The molecule has 2 saturated heterocycles. The molecule has 0 bridgehead atoms. The Morgan fingerprint density at radius 3 is 3.05 bits per heavy atom. The second kappa shape index (κ2) is 5.27. The van der Waals surface area contributed by atoms with E-state index >= 15 is 0 Å². The minimum Gasteiger partial charge on any atom is -0.378 e. The Bertz CT molecular complexity index is 560. The quantitative estimate of drug-likeness (QED) is 0.726. The molecule has 0 spiro atoms. The van der Waals surface area contributed by atoms with Crippen LogP contribution in [0.5, 0.6) is 0 Å². The van der Waals surface area contributed by atoms with Crippen molar-refractivity contribution in [1.82, 2.24) is 14.4 Å². The summed E-state index contributed by atoms with van der Waals surface area (Å²) in [6.45, 7) is 4.77. The van der Waals surface area contributed by atoms with Crippen molar-refractivity contribution in [3.8, 4) is 6.07 Å². The highest BCUT2D eigenvalue weighted by Gasteiger charge is 2.32. The van der Waals surface area contributed by atoms with Crippen LogP contribution in [0.2, 0.25) is 0 Å². The molecule has 1 aromatic heterocycles. The molecule has 0 N–H and O–H groups in total. The first-order valence-corrected chi connectivity index (χ1v) is 6.86. The molecule has 1 aromatic rings. The number of ether oxygens (including phenoxy) is 1. The van der Waals surface area contributed by atoms with Crippen LogP contribution >= 0.6 is 0 Å². The fraction of sp³-hybridized carbons (Fsp3) is 0.571. The summed E-state index contributed by atoms with van der Waals surface area (Å²) in [5.41, 5.74) is 1.10. The van der Waals surface area contributed by atoms with E-state index in [4.69, 9.17) is 10.00 Å². The molecule has 3 rings (SSSR count). The third-order valence-corrected chi connectivity index (χ3v) is 4.08. The van der Waals surface area contributed by atoms with Crippen LogP contribution in [0, 0.1) is 11.3 Å². The van der Waals surface area contributed by atoms with E-state index in [-0.39, 0.29) is 5.91 Å². The van der Waals surface area contributed by atoms with Gasteiger partial charge < -0.3 is 14.2 Å². The summed E-state index contributed by atoms with van der Waals surface area (Å²) >= 11 is 0. The van der Waals surface area contributed by atoms with Crippen molar-refractivity contribution in [2.75, 3.05) is 39.4 Å². The standard InChI is InChI=1S/C14H18N4O2/c1-16-8-11(7-15)6-13(16)14(19)18-3-2-17-4-5-20-10-12(17)9-18/h6,8,12H,2-5,9-10H2,1H3. The lowest BCUT2D eigenvalue weighted by molar-refractivity contribution is -0.0396. The summed E-state index contributed by atoms with van der Waals surface area (Å²) in [5, 5.41) is 8.91. The zero-order valence-corrected chi connectivity index (χ0v) is 11.6. The highest BCUT2D eigenvalue weighted by atomic mass is 16.5. The number of piperazine rings is 1.